The molecule has 0 saturated heterocycles. The van der Waals surface area contributed by atoms with Crippen molar-refractivity contribution >= 4 is 34.7 Å². The van der Waals surface area contributed by atoms with Crippen LogP contribution in [0.4, 0.5) is 0 Å². The van der Waals surface area contributed by atoms with Crippen LogP contribution in [0.2, 0.25) is 0 Å². The fourth-order valence-electron chi connectivity index (χ4n) is 2.88. The van der Waals surface area contributed by atoms with E-state index in [1.54, 1.807) is 22.6 Å². The maximum atomic E-state index is 12.9. The Kier molecular flexibility index (Phi) is 4.95. The zero-order valence-corrected chi connectivity index (χ0v) is 15.9. The summed E-state index contributed by atoms with van der Waals surface area (Å²) >= 11 is 3.17. The van der Waals surface area contributed by atoms with Gasteiger partial charge in [-0.3, -0.25) is 4.79 Å². The van der Waals surface area contributed by atoms with E-state index >= 15 is 0 Å². The highest BCUT2D eigenvalue weighted by molar-refractivity contribution is 8.00. The van der Waals surface area contributed by atoms with Gasteiger partial charge in [0, 0.05) is 11.3 Å². The van der Waals surface area contributed by atoms with Crippen molar-refractivity contribution in [3.63, 3.8) is 0 Å². The number of furan rings is 1. The highest BCUT2D eigenvalue weighted by Gasteiger charge is 2.34. The van der Waals surface area contributed by atoms with Crippen LogP contribution in [0.5, 0.6) is 0 Å². The molecule has 2 aromatic heterocycles. The van der Waals surface area contributed by atoms with E-state index in [2.05, 4.69) is 24.2 Å². The topological polar surface area (TPSA) is 45.8 Å². The second-order valence-corrected chi connectivity index (χ2v) is 8.10. The number of hydrogen-bond acceptors (Lipinski definition) is 5. The third kappa shape index (κ3) is 3.61. The Hall–Kier alpha value is -2.31. The molecule has 1 amide bonds. The Morgan fingerprint density at radius 2 is 2.12 bits per heavy atom. The molecule has 4 nitrogen and oxygen atoms in total. The second-order valence-electron chi connectivity index (χ2n) is 6.10. The van der Waals surface area contributed by atoms with E-state index in [1.165, 1.54) is 17.3 Å². The van der Waals surface area contributed by atoms with Crippen LogP contribution in [0.3, 0.4) is 0 Å². The predicted octanol–water partition coefficient (Wildman–Crippen LogP) is 5.12. The van der Waals surface area contributed by atoms with E-state index in [0.717, 1.165) is 21.2 Å². The second kappa shape index (κ2) is 7.51. The molecular formula is C20H18N2O2S2. The normalized spacial score (nSPS) is 16.7. The minimum Gasteiger partial charge on any atom is -0.467 e. The number of benzene rings is 1. The summed E-state index contributed by atoms with van der Waals surface area (Å²) in [7, 11) is 0. The molecular weight excluding hydrogens is 364 g/mol. The molecule has 1 aliphatic heterocycles. The predicted molar refractivity (Wildman–Crippen MR) is 106 cm³/mol. The van der Waals surface area contributed by atoms with Crippen molar-refractivity contribution in [3.05, 3.63) is 76.4 Å². The maximum Gasteiger partial charge on any atom is 0.253 e. The van der Waals surface area contributed by atoms with Gasteiger partial charge in [0.2, 0.25) is 0 Å². The molecule has 132 valence electrons. The fraction of sp³-hybridized carbons (Fsp3) is 0.200. The average molecular weight is 383 g/mol. The number of thiophene rings is 1. The molecule has 3 aromatic rings. The third-order valence-electron chi connectivity index (χ3n) is 4.23. The van der Waals surface area contributed by atoms with Gasteiger partial charge in [0.25, 0.3) is 5.91 Å². The largest absolute Gasteiger partial charge is 0.467 e. The molecule has 0 aliphatic carbocycles. The van der Waals surface area contributed by atoms with Crippen molar-refractivity contribution in [1.82, 2.24) is 5.01 Å². The smallest absolute Gasteiger partial charge is 0.253 e. The summed E-state index contributed by atoms with van der Waals surface area (Å²) in [5.41, 5.74) is 2.15. The number of aryl methyl sites for hydroxylation is 1. The number of nitrogens with zero attached hydrogens (tertiary/aromatic N) is 2. The lowest BCUT2D eigenvalue weighted by molar-refractivity contribution is -0.130. The lowest BCUT2D eigenvalue weighted by Crippen LogP contribution is -2.28. The number of amides is 1. The van der Waals surface area contributed by atoms with Crippen LogP contribution in [0.25, 0.3) is 0 Å². The van der Waals surface area contributed by atoms with E-state index in [4.69, 9.17) is 4.42 Å². The van der Waals surface area contributed by atoms with Crippen LogP contribution in [-0.4, -0.2) is 22.4 Å². The first kappa shape index (κ1) is 17.1. The van der Waals surface area contributed by atoms with Crippen molar-refractivity contribution in [2.75, 3.05) is 5.75 Å². The molecule has 3 heterocycles. The summed E-state index contributed by atoms with van der Waals surface area (Å²) in [5.74, 6) is 1.11. The summed E-state index contributed by atoms with van der Waals surface area (Å²) < 4.78 is 5.57. The van der Waals surface area contributed by atoms with Crippen molar-refractivity contribution < 1.29 is 9.21 Å². The Bertz CT molecular complexity index is 900. The van der Waals surface area contributed by atoms with Crippen LogP contribution < -0.4 is 0 Å². The van der Waals surface area contributed by atoms with Crippen molar-refractivity contribution in [2.24, 2.45) is 5.10 Å². The molecule has 26 heavy (non-hydrogen) atoms. The van der Waals surface area contributed by atoms with Gasteiger partial charge in [0.05, 0.1) is 22.6 Å². The number of carbonyl (C=O) groups is 1. The molecule has 0 bridgehead atoms. The lowest BCUT2D eigenvalue weighted by Gasteiger charge is -2.19. The van der Waals surface area contributed by atoms with Crippen LogP contribution in [-0.2, 0) is 4.79 Å². The summed E-state index contributed by atoms with van der Waals surface area (Å²) in [4.78, 5) is 15.0. The van der Waals surface area contributed by atoms with Gasteiger partial charge < -0.3 is 4.42 Å². The van der Waals surface area contributed by atoms with Gasteiger partial charge in [0.15, 0.2) is 0 Å². The molecule has 6 heteroatoms. The van der Waals surface area contributed by atoms with Crippen LogP contribution in [0, 0.1) is 6.92 Å². The first-order chi connectivity index (χ1) is 12.7. The minimum absolute atomic E-state index is 0.0106. The molecule has 1 aliphatic rings. The van der Waals surface area contributed by atoms with E-state index in [9.17, 15) is 4.79 Å². The van der Waals surface area contributed by atoms with Gasteiger partial charge in [-0.2, -0.15) is 5.10 Å². The highest BCUT2D eigenvalue weighted by Crippen LogP contribution is 2.34. The van der Waals surface area contributed by atoms with Gasteiger partial charge in [0.1, 0.15) is 11.8 Å². The Balaban J connectivity index is 1.52. The minimum atomic E-state index is -0.173. The standard InChI is InChI=1S/C20H18N2O2S2/c1-14-6-8-15(9-7-14)26-13-20(23)22-17(18-4-2-10-24-18)12-16(21-22)19-5-3-11-25-19/h2-11,17H,12-13H2,1H3. The molecule has 1 aromatic carbocycles. The maximum absolute atomic E-state index is 12.9. The molecule has 4 rings (SSSR count). The molecule has 1 atom stereocenters. The van der Waals surface area contributed by atoms with Gasteiger partial charge >= 0.3 is 0 Å². The monoisotopic (exact) mass is 382 g/mol. The van der Waals surface area contributed by atoms with Crippen LogP contribution in [0.15, 0.2) is 74.6 Å². The first-order valence-electron chi connectivity index (χ1n) is 8.37. The Morgan fingerprint density at radius 3 is 2.81 bits per heavy atom. The number of hydrazone groups is 1. The number of thioether (sulfide) groups is 1. The Labute approximate surface area is 160 Å². The molecule has 0 radical (unpaired) electrons. The first-order valence-corrected chi connectivity index (χ1v) is 10.2. The van der Waals surface area contributed by atoms with Gasteiger partial charge in [-0.05, 0) is 42.6 Å². The summed E-state index contributed by atoms with van der Waals surface area (Å²) in [6.45, 7) is 2.05. The van der Waals surface area contributed by atoms with Crippen molar-refractivity contribution in [3.8, 4) is 0 Å². The molecule has 1 unspecified atom stereocenters. The van der Waals surface area contributed by atoms with E-state index in [-0.39, 0.29) is 11.9 Å². The zero-order chi connectivity index (χ0) is 17.9. The van der Waals surface area contributed by atoms with Crippen molar-refractivity contribution in [1.29, 1.82) is 0 Å². The molecule has 0 spiro atoms. The third-order valence-corrected chi connectivity index (χ3v) is 6.14. The number of rotatable bonds is 5. The summed E-state index contributed by atoms with van der Waals surface area (Å²) in [6, 6.07) is 15.8. The van der Waals surface area contributed by atoms with Crippen LogP contribution >= 0.6 is 23.1 Å². The quantitative estimate of drug-likeness (QED) is 0.575. The van der Waals surface area contributed by atoms with Gasteiger partial charge in [-0.25, -0.2) is 5.01 Å². The molecule has 0 N–H and O–H groups in total. The Morgan fingerprint density at radius 1 is 1.27 bits per heavy atom. The highest BCUT2D eigenvalue weighted by atomic mass is 32.2. The summed E-state index contributed by atoms with van der Waals surface area (Å²) in [6.07, 6.45) is 2.32. The van der Waals surface area contributed by atoms with Gasteiger partial charge in [-0.15, -0.1) is 23.1 Å². The van der Waals surface area contributed by atoms with E-state index in [0.29, 0.717) is 12.2 Å². The van der Waals surface area contributed by atoms with Gasteiger partial charge in [-0.1, -0.05) is 23.8 Å². The fourth-order valence-corrected chi connectivity index (χ4v) is 4.35. The molecule has 0 fully saturated rings. The average Bonchev–Trinajstić information content (AvgIpc) is 3.41. The molecule has 0 saturated carbocycles. The zero-order valence-electron chi connectivity index (χ0n) is 14.3. The summed E-state index contributed by atoms with van der Waals surface area (Å²) in [5, 5.41) is 8.25. The SMILES string of the molecule is Cc1ccc(SCC(=O)N2N=C(c3cccs3)CC2c2ccco2)cc1. The van der Waals surface area contributed by atoms with Crippen LogP contribution in [0.1, 0.15) is 28.7 Å². The van der Waals surface area contributed by atoms with Crippen molar-refractivity contribution in [2.45, 2.75) is 24.3 Å². The number of carbonyl (C=O) groups excluding carboxylic acids is 1. The number of hydrogen-bond donors (Lipinski definition) is 0. The van der Waals surface area contributed by atoms with E-state index < -0.39 is 0 Å². The van der Waals surface area contributed by atoms with E-state index in [1.807, 2.05) is 41.8 Å². The lowest BCUT2D eigenvalue weighted by atomic mass is 10.1.